The van der Waals surface area contributed by atoms with E-state index in [1.54, 1.807) is 59.7 Å². The minimum absolute atomic E-state index is 0.0953. The molecule has 5 rings (SSSR count). The molecule has 74 heavy (non-hydrogen) atoms. The number of aliphatic hydroxyl groups is 1. The van der Waals surface area contributed by atoms with Gasteiger partial charge in [-0.1, -0.05) is 63.9 Å². The molecular weight excluding hydrogens is 1020 g/mol. The lowest BCUT2D eigenvalue weighted by Crippen LogP contribution is -2.63. The van der Waals surface area contributed by atoms with E-state index in [-0.39, 0.29) is 71.7 Å². The SMILES string of the molecule is COc1cc2cc(c1Cl)N(C)C(=O)[C@H](OC(=O)[C@H](C)N(C)C(=O)CCC(C)(C)SSCCCC(=O)NCCOCCOCCN1C(=O)C=CC1=O)[C@]1(C)O[C@H]1[C@H](C)[C@@H]1C[C@@](O)(NC(=O)O1)[C@H](OC)/C=C/C=C(\C)C2. The molecule has 4 aliphatic rings. The number of halogens is 1. The van der Waals surface area contributed by atoms with Crippen molar-refractivity contribution >= 4 is 80.5 Å². The molecule has 1 aromatic rings. The number of nitrogens with one attached hydrogen (secondary N) is 2. The minimum Gasteiger partial charge on any atom is -0.495 e. The summed E-state index contributed by atoms with van der Waals surface area (Å²) in [5.74, 6) is -2.28. The first-order valence-electron chi connectivity index (χ1n) is 24.6. The topological polar surface area (TPSA) is 241 Å². The van der Waals surface area contributed by atoms with E-state index < -0.39 is 65.7 Å². The highest BCUT2D eigenvalue weighted by molar-refractivity contribution is 8.77. The lowest BCUT2D eigenvalue weighted by molar-refractivity contribution is -0.165. The van der Waals surface area contributed by atoms with Crippen molar-refractivity contribution in [2.75, 3.05) is 78.5 Å². The van der Waals surface area contributed by atoms with Crippen LogP contribution in [0.3, 0.4) is 0 Å². The summed E-state index contributed by atoms with van der Waals surface area (Å²) in [7, 11) is 9.10. The molecule has 1 aromatic carbocycles. The number of benzene rings is 1. The second kappa shape index (κ2) is 26.9. The Kier molecular flexibility index (Phi) is 21.9. The van der Waals surface area contributed by atoms with Gasteiger partial charge in [0.15, 0.2) is 5.72 Å². The zero-order valence-electron chi connectivity index (χ0n) is 43.9. The van der Waals surface area contributed by atoms with E-state index in [0.29, 0.717) is 56.9 Å². The van der Waals surface area contributed by atoms with E-state index in [0.717, 1.165) is 16.0 Å². The van der Waals surface area contributed by atoms with E-state index in [2.05, 4.69) is 10.6 Å². The van der Waals surface area contributed by atoms with Crippen LogP contribution in [0.15, 0.2) is 48.1 Å². The number of esters is 1. The lowest BCUT2D eigenvalue weighted by Gasteiger charge is -2.42. The summed E-state index contributed by atoms with van der Waals surface area (Å²) >= 11 is 6.86. The van der Waals surface area contributed by atoms with Crippen LogP contribution >= 0.6 is 33.2 Å². The fraction of sp³-hybridized carbons (Fsp3) is 0.627. The van der Waals surface area contributed by atoms with Crippen molar-refractivity contribution < 1.29 is 71.8 Å². The van der Waals surface area contributed by atoms with Gasteiger partial charge in [0.1, 0.15) is 34.6 Å². The number of alkyl carbamates (subject to hydrolysis) is 1. The highest BCUT2D eigenvalue weighted by atomic mass is 35.5. The Balaban J connectivity index is 1.14. The van der Waals surface area contributed by atoms with Gasteiger partial charge in [-0.2, -0.15) is 0 Å². The zero-order chi connectivity index (χ0) is 54.5. The van der Waals surface area contributed by atoms with Crippen molar-refractivity contribution in [1.82, 2.24) is 20.4 Å². The number of carbonyl (C=O) groups excluding carboxylic acids is 7. The maximum atomic E-state index is 14.9. The molecule has 0 aromatic heterocycles. The maximum Gasteiger partial charge on any atom is 0.409 e. The fourth-order valence-corrected chi connectivity index (χ4v) is 11.6. The number of fused-ring (bicyclic) bond motifs is 5. The molecule has 4 aliphatic heterocycles. The van der Waals surface area contributed by atoms with Gasteiger partial charge in [-0.05, 0) is 71.6 Å². The van der Waals surface area contributed by atoms with E-state index in [1.807, 2.05) is 26.8 Å². The summed E-state index contributed by atoms with van der Waals surface area (Å²) in [4.78, 5) is 94.8. The van der Waals surface area contributed by atoms with Gasteiger partial charge in [0, 0.05) is 75.6 Å². The van der Waals surface area contributed by atoms with Crippen molar-refractivity contribution in [1.29, 1.82) is 0 Å². The molecule has 0 saturated carbocycles. The lowest BCUT2D eigenvalue weighted by atomic mass is 9.84. The van der Waals surface area contributed by atoms with Crippen LogP contribution in [-0.4, -0.2) is 177 Å². The predicted molar refractivity (Wildman–Crippen MR) is 279 cm³/mol. The molecule has 0 aliphatic carbocycles. The predicted octanol–water partition coefficient (Wildman–Crippen LogP) is 4.92. The fourth-order valence-electron chi connectivity index (χ4n) is 8.66. The second-order valence-electron chi connectivity index (χ2n) is 19.5. The van der Waals surface area contributed by atoms with Gasteiger partial charge < -0.3 is 53.4 Å². The van der Waals surface area contributed by atoms with Gasteiger partial charge in [-0.15, -0.1) is 0 Å². The average molecular weight is 1090 g/mol. The Morgan fingerprint density at radius 1 is 1.07 bits per heavy atom. The molecule has 2 fully saturated rings. The van der Waals surface area contributed by atoms with Crippen LogP contribution in [0.1, 0.15) is 79.2 Å². The van der Waals surface area contributed by atoms with Crippen LogP contribution in [0.5, 0.6) is 5.75 Å². The Bertz CT molecular complexity index is 2300. The molecule has 20 nitrogen and oxygen atoms in total. The van der Waals surface area contributed by atoms with Crippen LogP contribution in [0, 0.1) is 5.92 Å². The largest absolute Gasteiger partial charge is 0.495 e. The summed E-state index contributed by atoms with van der Waals surface area (Å²) < 4.78 is 39.9. The number of likely N-dealkylation sites (N-methyl/N-ethyl adjacent to an activating group) is 2. The molecule has 0 spiro atoms. The number of hydrogen-bond acceptors (Lipinski definition) is 17. The van der Waals surface area contributed by atoms with Crippen LogP contribution < -0.4 is 20.3 Å². The highest BCUT2D eigenvalue weighted by Crippen LogP contribution is 2.49. The summed E-state index contributed by atoms with van der Waals surface area (Å²) in [6, 6.07) is 2.39. The Morgan fingerprint density at radius 2 is 1.76 bits per heavy atom. The van der Waals surface area contributed by atoms with Crippen molar-refractivity contribution in [3.63, 3.8) is 0 Å². The van der Waals surface area contributed by atoms with Crippen molar-refractivity contribution in [3.05, 3.63) is 58.7 Å². The van der Waals surface area contributed by atoms with E-state index in [1.165, 1.54) is 57.2 Å². The zero-order valence-corrected chi connectivity index (χ0v) is 46.3. The second-order valence-corrected chi connectivity index (χ2v) is 23.0. The third-order valence-corrected chi connectivity index (χ3v) is 17.2. The number of amides is 6. The van der Waals surface area contributed by atoms with Crippen LogP contribution in [0.4, 0.5) is 10.5 Å². The van der Waals surface area contributed by atoms with Crippen LogP contribution in [0.25, 0.3) is 0 Å². The number of carbonyl (C=O) groups is 7. The Hall–Kier alpha value is -4.68. The van der Waals surface area contributed by atoms with Crippen LogP contribution in [-0.2, 0) is 63.6 Å². The third kappa shape index (κ3) is 15.9. The van der Waals surface area contributed by atoms with Crippen molar-refractivity contribution in [2.45, 2.75) is 127 Å². The minimum atomic E-state index is -1.88. The van der Waals surface area contributed by atoms with Gasteiger partial charge in [-0.3, -0.25) is 34.2 Å². The van der Waals surface area contributed by atoms with Gasteiger partial charge in [-0.25, -0.2) is 9.59 Å². The molecule has 6 amide bonds. The Labute approximate surface area is 446 Å². The average Bonchev–Trinajstić information content (AvgIpc) is 3.95. The first-order chi connectivity index (χ1) is 34.9. The molecular formula is C51H72ClN5O15S2. The summed E-state index contributed by atoms with van der Waals surface area (Å²) in [5.41, 5.74) is -1.42. The monoisotopic (exact) mass is 1090 g/mol. The normalized spacial score (nSPS) is 26.6. The molecule has 4 bridgehead atoms. The molecule has 3 N–H and O–H groups in total. The van der Waals surface area contributed by atoms with E-state index >= 15 is 0 Å². The molecule has 410 valence electrons. The molecule has 0 unspecified atom stereocenters. The number of anilines is 1. The van der Waals surface area contributed by atoms with E-state index in [4.69, 9.17) is 44.8 Å². The third-order valence-electron chi connectivity index (χ3n) is 13.4. The smallest absolute Gasteiger partial charge is 0.409 e. The number of epoxide rings is 1. The quantitative estimate of drug-likeness (QED) is 0.0433. The Morgan fingerprint density at radius 3 is 2.43 bits per heavy atom. The number of nitrogens with zero attached hydrogens (tertiary/aromatic N) is 3. The van der Waals surface area contributed by atoms with Gasteiger partial charge in [0.25, 0.3) is 17.7 Å². The maximum absolute atomic E-state index is 14.9. The van der Waals surface area contributed by atoms with Crippen molar-refractivity contribution in [2.24, 2.45) is 5.92 Å². The standard InChI is InChI=1S/C51H72ClN5O15S2/c1-31-13-11-14-38(67-10)51(65)30-37(70-48(64)54-51)32(2)44-50(6,72-44)45(46(62)56(8)35-28-34(27-31)29-36(66-9)43(35)52)71-47(63)33(3)55(7)40(59)18-19-49(4,5)74-73-26-12-15-39(58)53-20-22-68-24-25-69-23-21-57-41(60)16-17-42(57)61/h11,13-14,16-17,28-29,32-33,37-38,44-45,65H,12,15,18-27,30H2,1-10H3,(H,53,58)(H,54,64)/b14-11+,31-13+/t32-,33+,37+,38-,44+,45+,50-,51+/m1/s1. The highest BCUT2D eigenvalue weighted by Gasteiger charge is 2.66. The molecule has 0 radical (unpaired) electrons. The number of allylic oxidation sites excluding steroid dienone is 3. The van der Waals surface area contributed by atoms with Gasteiger partial charge >= 0.3 is 12.1 Å². The number of imide groups is 1. The summed E-state index contributed by atoms with van der Waals surface area (Å²) in [6.07, 6.45) is 4.35. The number of methoxy groups -OCH3 is 2. The molecule has 8 atom stereocenters. The first-order valence-corrected chi connectivity index (χ1v) is 27.3. The molecule has 4 heterocycles. The first kappa shape index (κ1) is 60.2. The molecule has 23 heteroatoms. The molecule has 2 saturated heterocycles. The van der Waals surface area contributed by atoms with E-state index in [9.17, 15) is 38.7 Å². The number of rotatable bonds is 23. The van der Waals surface area contributed by atoms with Crippen molar-refractivity contribution in [3.8, 4) is 5.75 Å². The van der Waals surface area contributed by atoms with Gasteiger partial charge in [0.05, 0.1) is 51.9 Å². The van der Waals surface area contributed by atoms with Gasteiger partial charge in [0.2, 0.25) is 17.9 Å². The van der Waals surface area contributed by atoms with Crippen LogP contribution in [0.2, 0.25) is 5.02 Å². The summed E-state index contributed by atoms with van der Waals surface area (Å²) in [5, 5.41) is 17.3. The summed E-state index contributed by atoms with van der Waals surface area (Å²) in [6.45, 7) is 12.5. The number of hydrogen-bond donors (Lipinski definition) is 3. The number of ether oxygens (including phenoxy) is 7.